The van der Waals surface area contributed by atoms with E-state index >= 15 is 0 Å². The molecule has 1 heterocycles. The molecule has 0 atom stereocenters. The summed E-state index contributed by atoms with van der Waals surface area (Å²) >= 11 is 1.47. The van der Waals surface area contributed by atoms with Crippen LogP contribution in [0.25, 0.3) is 10.2 Å². The van der Waals surface area contributed by atoms with Crippen molar-refractivity contribution in [3.8, 4) is 0 Å². The van der Waals surface area contributed by atoms with Crippen LogP contribution in [0.3, 0.4) is 0 Å². The number of para-hydroxylation sites is 1. The second-order valence-corrected chi connectivity index (χ2v) is 11.3. The lowest BCUT2D eigenvalue weighted by Gasteiger charge is -2.21. The van der Waals surface area contributed by atoms with Gasteiger partial charge < -0.3 is 4.90 Å². The van der Waals surface area contributed by atoms with Gasteiger partial charge in [0.15, 0.2) is 5.13 Å². The van der Waals surface area contributed by atoms with Gasteiger partial charge >= 0.3 is 0 Å². The van der Waals surface area contributed by atoms with Crippen LogP contribution in [-0.4, -0.2) is 51.4 Å². The number of anilines is 2. The highest BCUT2D eigenvalue weighted by molar-refractivity contribution is 7.92. The fourth-order valence-electron chi connectivity index (χ4n) is 3.61. The van der Waals surface area contributed by atoms with Crippen molar-refractivity contribution in [2.24, 2.45) is 0 Å². The maximum atomic E-state index is 13.6. The number of fused-ring (bicyclic) bond motifs is 1. The number of thiazole rings is 1. The van der Waals surface area contributed by atoms with Gasteiger partial charge in [0, 0.05) is 17.8 Å². The van der Waals surface area contributed by atoms with Crippen LogP contribution < -0.4 is 9.62 Å². The summed E-state index contributed by atoms with van der Waals surface area (Å²) in [6.07, 6.45) is 0.772. The van der Waals surface area contributed by atoms with E-state index in [-0.39, 0.29) is 23.2 Å². The Kier molecular flexibility index (Phi) is 9.08. The molecule has 4 rings (SSSR count). The zero-order chi connectivity index (χ0) is 25.0. The van der Waals surface area contributed by atoms with Crippen molar-refractivity contribution in [1.82, 2.24) is 9.88 Å². The number of nitrogens with one attached hydrogen (secondary N) is 1. The van der Waals surface area contributed by atoms with Gasteiger partial charge in [0.05, 0.1) is 15.1 Å². The van der Waals surface area contributed by atoms with E-state index in [1.165, 1.54) is 11.3 Å². The van der Waals surface area contributed by atoms with Crippen LogP contribution >= 0.6 is 23.7 Å². The Hall–Kier alpha value is -2.98. The Morgan fingerprint density at radius 3 is 2.39 bits per heavy atom. The summed E-state index contributed by atoms with van der Waals surface area (Å²) in [6.45, 7) is 3.22. The second-order valence-electron chi connectivity index (χ2n) is 8.58. The van der Waals surface area contributed by atoms with E-state index in [0.717, 1.165) is 28.7 Å². The third-order valence-electron chi connectivity index (χ3n) is 5.44. The zero-order valence-electron chi connectivity index (χ0n) is 20.3. The molecule has 190 valence electrons. The number of hydrogen-bond donors (Lipinski definition) is 1. The lowest BCUT2D eigenvalue weighted by Crippen LogP contribution is -2.33. The van der Waals surface area contributed by atoms with Crippen molar-refractivity contribution in [3.63, 3.8) is 0 Å². The van der Waals surface area contributed by atoms with E-state index < -0.39 is 10.0 Å². The molecule has 0 saturated heterocycles. The highest BCUT2D eigenvalue weighted by atomic mass is 35.5. The minimum Gasteiger partial charge on any atom is -0.309 e. The number of carbonyl (C=O) groups excluding carboxylic acids is 1. The van der Waals surface area contributed by atoms with Gasteiger partial charge in [-0.05, 0) is 76.4 Å². The number of hydrogen-bond acceptors (Lipinski definition) is 6. The fourth-order valence-corrected chi connectivity index (χ4v) is 5.65. The highest BCUT2D eigenvalue weighted by Crippen LogP contribution is 2.30. The zero-order valence-corrected chi connectivity index (χ0v) is 22.8. The number of benzene rings is 3. The number of halogens is 1. The van der Waals surface area contributed by atoms with E-state index in [1.54, 1.807) is 53.4 Å². The van der Waals surface area contributed by atoms with Gasteiger partial charge in [-0.25, -0.2) is 13.4 Å². The van der Waals surface area contributed by atoms with Gasteiger partial charge in [0.1, 0.15) is 0 Å². The van der Waals surface area contributed by atoms with E-state index in [1.807, 2.05) is 45.3 Å². The molecular formula is C26H29ClN4O3S2. The number of nitrogens with zero attached hydrogens (tertiary/aromatic N) is 3. The van der Waals surface area contributed by atoms with Crippen molar-refractivity contribution in [2.75, 3.05) is 36.8 Å². The molecule has 4 aromatic rings. The van der Waals surface area contributed by atoms with Crippen LogP contribution in [0.4, 0.5) is 10.8 Å². The van der Waals surface area contributed by atoms with Crippen LogP contribution in [0.15, 0.2) is 77.7 Å². The van der Waals surface area contributed by atoms with E-state index in [0.29, 0.717) is 22.9 Å². The van der Waals surface area contributed by atoms with E-state index in [4.69, 9.17) is 0 Å². The molecule has 0 aliphatic carbocycles. The van der Waals surface area contributed by atoms with Crippen molar-refractivity contribution in [1.29, 1.82) is 0 Å². The summed E-state index contributed by atoms with van der Waals surface area (Å²) in [5, 5.41) is 0.626. The van der Waals surface area contributed by atoms with E-state index in [9.17, 15) is 13.2 Å². The van der Waals surface area contributed by atoms with Crippen molar-refractivity contribution in [3.05, 3.63) is 83.9 Å². The third kappa shape index (κ3) is 6.61. The Balaban J connectivity index is 0.00000361. The highest BCUT2D eigenvalue weighted by Gasteiger charge is 2.22. The molecule has 36 heavy (non-hydrogen) atoms. The minimum atomic E-state index is -3.78. The molecule has 0 unspecified atom stereocenters. The predicted octanol–water partition coefficient (Wildman–Crippen LogP) is 5.43. The molecule has 3 aromatic carbocycles. The maximum Gasteiger partial charge on any atom is 0.261 e. The molecule has 0 bridgehead atoms. The van der Waals surface area contributed by atoms with Crippen LogP contribution in [0.1, 0.15) is 22.3 Å². The summed E-state index contributed by atoms with van der Waals surface area (Å²) in [5.41, 5.74) is 2.53. The first-order valence-electron chi connectivity index (χ1n) is 11.2. The first kappa shape index (κ1) is 27.6. The first-order valence-corrected chi connectivity index (χ1v) is 13.5. The standard InChI is InChI=1S/C26H28N4O3S2.ClH/c1-19-12-14-22(15-13-19)35(32,33)28-21-9-6-8-20(18-21)25(31)30(17-7-16-29(2)3)26-27-23-10-4-5-11-24(23)34-26;/h4-6,8-15,18,28H,7,16-17H2,1-3H3;1H. The molecule has 1 amide bonds. The maximum absolute atomic E-state index is 13.6. The van der Waals surface area contributed by atoms with Gasteiger partial charge in [-0.3, -0.25) is 14.4 Å². The lowest BCUT2D eigenvalue weighted by molar-refractivity contribution is 0.0986. The van der Waals surface area contributed by atoms with Crippen molar-refractivity contribution >= 4 is 60.7 Å². The minimum absolute atomic E-state index is 0. The molecule has 0 fully saturated rings. The number of rotatable bonds is 9. The van der Waals surface area contributed by atoms with Crippen molar-refractivity contribution < 1.29 is 13.2 Å². The number of aromatic nitrogens is 1. The molecule has 0 spiro atoms. The molecule has 0 radical (unpaired) electrons. The average molecular weight is 545 g/mol. The first-order chi connectivity index (χ1) is 16.7. The Morgan fingerprint density at radius 1 is 0.972 bits per heavy atom. The molecule has 0 aliphatic heterocycles. The molecule has 1 aromatic heterocycles. The summed E-state index contributed by atoms with van der Waals surface area (Å²) in [7, 11) is 0.210. The van der Waals surface area contributed by atoms with Crippen molar-refractivity contribution in [2.45, 2.75) is 18.2 Å². The van der Waals surface area contributed by atoms with Gasteiger partial charge in [0.25, 0.3) is 15.9 Å². The van der Waals surface area contributed by atoms with Crippen LogP contribution in [0.5, 0.6) is 0 Å². The number of amides is 1. The number of aryl methyl sites for hydroxylation is 1. The van der Waals surface area contributed by atoms with Gasteiger partial charge in [-0.2, -0.15) is 0 Å². The van der Waals surface area contributed by atoms with Gasteiger partial charge in [-0.15, -0.1) is 12.4 Å². The molecule has 10 heteroatoms. The number of carbonyl (C=O) groups is 1. The lowest BCUT2D eigenvalue weighted by atomic mass is 10.2. The summed E-state index contributed by atoms with van der Waals surface area (Å²) in [5.74, 6) is -0.223. The van der Waals surface area contributed by atoms with Crippen LogP contribution in [-0.2, 0) is 10.0 Å². The van der Waals surface area contributed by atoms with Gasteiger partial charge in [-0.1, -0.05) is 47.2 Å². The Bertz CT molecular complexity index is 1400. The molecular weight excluding hydrogens is 516 g/mol. The van der Waals surface area contributed by atoms with Crippen LogP contribution in [0, 0.1) is 6.92 Å². The topological polar surface area (TPSA) is 82.6 Å². The molecule has 7 nitrogen and oxygen atoms in total. The number of sulfonamides is 1. The fraction of sp³-hybridized carbons (Fsp3) is 0.231. The normalized spacial score (nSPS) is 11.3. The molecule has 0 saturated carbocycles. The smallest absolute Gasteiger partial charge is 0.261 e. The second kappa shape index (κ2) is 11.8. The average Bonchev–Trinajstić information content (AvgIpc) is 3.25. The van der Waals surface area contributed by atoms with Gasteiger partial charge in [0.2, 0.25) is 0 Å². The summed E-state index contributed by atoms with van der Waals surface area (Å²) in [4.78, 5) is 22.2. The monoisotopic (exact) mass is 544 g/mol. The largest absolute Gasteiger partial charge is 0.309 e. The third-order valence-corrected chi connectivity index (χ3v) is 7.90. The Morgan fingerprint density at radius 2 is 1.69 bits per heavy atom. The summed E-state index contributed by atoms with van der Waals surface area (Å²) in [6, 6.07) is 21.0. The Labute approximate surface area is 222 Å². The summed E-state index contributed by atoms with van der Waals surface area (Å²) < 4.78 is 29.3. The molecule has 0 aliphatic rings. The SMILES string of the molecule is Cc1ccc(S(=O)(=O)Nc2cccc(C(=O)N(CCCN(C)C)c3nc4ccccc4s3)c2)cc1.Cl. The molecule has 1 N–H and O–H groups in total. The van der Waals surface area contributed by atoms with E-state index in [2.05, 4.69) is 14.6 Å². The van der Waals surface area contributed by atoms with Crippen LogP contribution in [0.2, 0.25) is 0 Å². The quantitative estimate of drug-likeness (QED) is 0.304. The predicted molar refractivity (Wildman–Crippen MR) is 150 cm³/mol.